The van der Waals surface area contributed by atoms with Gasteiger partial charge in [-0.2, -0.15) is 0 Å². The Labute approximate surface area is 122 Å². The second-order valence-electron chi connectivity index (χ2n) is 5.20. The number of aromatic hydroxyl groups is 1. The molecule has 0 saturated heterocycles. The fraction of sp³-hybridized carbons (Fsp3) is 0.0556. The van der Waals surface area contributed by atoms with Gasteiger partial charge in [-0.25, -0.2) is 4.98 Å². The number of phenolic OH excluding ortho intramolecular Hbond substituents is 1. The van der Waals surface area contributed by atoms with E-state index in [-0.39, 0.29) is 5.75 Å². The monoisotopic (exact) mass is 274 g/mol. The Kier molecular flexibility index (Phi) is 2.64. The van der Waals surface area contributed by atoms with Crippen molar-refractivity contribution < 1.29 is 5.11 Å². The van der Waals surface area contributed by atoms with E-state index in [2.05, 4.69) is 35.3 Å². The van der Waals surface area contributed by atoms with E-state index >= 15 is 0 Å². The molecule has 3 aromatic carbocycles. The predicted octanol–water partition coefficient (Wildman–Crippen LogP) is 3.94. The Morgan fingerprint density at radius 2 is 1.76 bits per heavy atom. The molecule has 1 N–H and O–H groups in total. The molecule has 1 heterocycles. The van der Waals surface area contributed by atoms with Gasteiger partial charge in [0.25, 0.3) is 0 Å². The van der Waals surface area contributed by atoms with Crippen molar-refractivity contribution in [2.45, 2.75) is 6.54 Å². The first-order chi connectivity index (χ1) is 10.3. The number of hydrogen-bond donors (Lipinski definition) is 1. The third-order valence-corrected chi connectivity index (χ3v) is 3.78. The van der Waals surface area contributed by atoms with Crippen molar-refractivity contribution in [3.05, 3.63) is 72.6 Å². The van der Waals surface area contributed by atoms with E-state index in [9.17, 15) is 5.11 Å². The molecule has 4 rings (SSSR count). The summed E-state index contributed by atoms with van der Waals surface area (Å²) in [5.74, 6) is 0.269. The largest absolute Gasteiger partial charge is 0.506 e. The van der Waals surface area contributed by atoms with Crippen molar-refractivity contribution in [2.24, 2.45) is 0 Å². The molecule has 4 aromatic rings. The lowest BCUT2D eigenvalue weighted by Crippen LogP contribution is -1.98. The number of nitrogens with zero attached hydrogens (tertiary/aromatic N) is 2. The zero-order valence-corrected chi connectivity index (χ0v) is 11.4. The highest BCUT2D eigenvalue weighted by atomic mass is 16.3. The molecule has 102 valence electrons. The highest BCUT2D eigenvalue weighted by Gasteiger charge is 2.07. The van der Waals surface area contributed by atoms with Crippen LogP contribution in [0.1, 0.15) is 5.56 Å². The minimum Gasteiger partial charge on any atom is -0.506 e. The molecule has 3 nitrogen and oxygen atoms in total. The number of phenols is 1. The molecule has 0 spiro atoms. The average molecular weight is 274 g/mol. The van der Waals surface area contributed by atoms with E-state index in [0.717, 1.165) is 11.0 Å². The van der Waals surface area contributed by atoms with E-state index in [1.54, 1.807) is 12.4 Å². The standard InChI is InChI=1S/C18H14N2O/c21-17-7-3-6-16-18(17)20(12-19-16)11-13-8-9-14-4-1-2-5-15(14)10-13/h1-10,12,21H,11H2. The number of imidazole rings is 1. The molecule has 1 aromatic heterocycles. The average Bonchev–Trinajstić information content (AvgIpc) is 2.92. The Balaban J connectivity index is 1.79. The normalized spacial score (nSPS) is 11.2. The van der Waals surface area contributed by atoms with E-state index in [1.807, 2.05) is 28.8 Å². The second kappa shape index (κ2) is 4.63. The summed E-state index contributed by atoms with van der Waals surface area (Å²) in [4.78, 5) is 4.34. The summed E-state index contributed by atoms with van der Waals surface area (Å²) in [6.07, 6.45) is 1.78. The van der Waals surface area contributed by atoms with Crippen molar-refractivity contribution in [3.63, 3.8) is 0 Å². The van der Waals surface area contributed by atoms with Crippen LogP contribution in [0.15, 0.2) is 67.0 Å². The van der Waals surface area contributed by atoms with E-state index < -0.39 is 0 Å². The number of rotatable bonds is 2. The quantitative estimate of drug-likeness (QED) is 0.601. The van der Waals surface area contributed by atoms with Crippen LogP contribution in [0, 0.1) is 0 Å². The van der Waals surface area contributed by atoms with Crippen molar-refractivity contribution in [2.75, 3.05) is 0 Å². The van der Waals surface area contributed by atoms with Crippen molar-refractivity contribution in [3.8, 4) is 5.75 Å². The third kappa shape index (κ3) is 2.03. The molecule has 0 radical (unpaired) electrons. The van der Waals surface area contributed by atoms with Gasteiger partial charge in [0.15, 0.2) is 0 Å². The van der Waals surface area contributed by atoms with Gasteiger partial charge in [-0.1, -0.05) is 42.5 Å². The topological polar surface area (TPSA) is 38.1 Å². The molecule has 0 atom stereocenters. The molecule has 0 bridgehead atoms. The minimum atomic E-state index is 0.269. The zero-order valence-electron chi connectivity index (χ0n) is 11.4. The van der Waals surface area contributed by atoms with Crippen LogP contribution in [0.25, 0.3) is 21.8 Å². The second-order valence-corrected chi connectivity index (χ2v) is 5.20. The van der Waals surface area contributed by atoms with Gasteiger partial charge in [0.2, 0.25) is 0 Å². The highest BCUT2D eigenvalue weighted by Crippen LogP contribution is 2.24. The van der Waals surface area contributed by atoms with Crippen LogP contribution in [0.4, 0.5) is 0 Å². The Morgan fingerprint density at radius 3 is 2.67 bits per heavy atom. The first kappa shape index (κ1) is 12.0. The smallest absolute Gasteiger partial charge is 0.141 e. The molecule has 21 heavy (non-hydrogen) atoms. The molecule has 0 aliphatic carbocycles. The number of aromatic nitrogens is 2. The maximum absolute atomic E-state index is 10.0. The summed E-state index contributed by atoms with van der Waals surface area (Å²) in [5, 5.41) is 12.5. The van der Waals surface area contributed by atoms with Crippen molar-refractivity contribution >= 4 is 21.8 Å². The number of para-hydroxylation sites is 1. The van der Waals surface area contributed by atoms with Crippen LogP contribution in [0.3, 0.4) is 0 Å². The number of hydrogen-bond acceptors (Lipinski definition) is 2. The van der Waals surface area contributed by atoms with Gasteiger partial charge >= 0.3 is 0 Å². The fourth-order valence-corrected chi connectivity index (χ4v) is 2.76. The molecular weight excluding hydrogens is 260 g/mol. The van der Waals surface area contributed by atoms with Crippen LogP contribution in [-0.4, -0.2) is 14.7 Å². The molecule has 0 fully saturated rings. The molecule has 3 heteroatoms. The van der Waals surface area contributed by atoms with Crippen LogP contribution < -0.4 is 0 Å². The summed E-state index contributed by atoms with van der Waals surface area (Å²) < 4.78 is 1.98. The van der Waals surface area contributed by atoms with E-state index in [1.165, 1.54) is 16.3 Å². The van der Waals surface area contributed by atoms with Gasteiger partial charge in [0.1, 0.15) is 11.3 Å². The minimum absolute atomic E-state index is 0.269. The third-order valence-electron chi connectivity index (χ3n) is 3.78. The van der Waals surface area contributed by atoms with E-state index in [4.69, 9.17) is 0 Å². The lowest BCUT2D eigenvalue weighted by Gasteiger charge is -2.07. The van der Waals surface area contributed by atoms with Gasteiger partial charge in [-0.05, 0) is 34.5 Å². The molecule has 0 saturated carbocycles. The molecular formula is C18H14N2O. The Bertz CT molecular complexity index is 940. The van der Waals surface area contributed by atoms with Crippen molar-refractivity contribution in [1.29, 1.82) is 0 Å². The summed E-state index contributed by atoms with van der Waals surface area (Å²) in [5.41, 5.74) is 2.79. The van der Waals surface area contributed by atoms with Crippen molar-refractivity contribution in [1.82, 2.24) is 9.55 Å². The van der Waals surface area contributed by atoms with Crippen LogP contribution in [0.5, 0.6) is 5.75 Å². The molecule has 0 aliphatic heterocycles. The lowest BCUT2D eigenvalue weighted by molar-refractivity contribution is 0.478. The Morgan fingerprint density at radius 1 is 0.905 bits per heavy atom. The molecule has 0 aliphatic rings. The SMILES string of the molecule is Oc1cccc2ncn(Cc3ccc4ccccc4c3)c12. The van der Waals surface area contributed by atoms with Gasteiger partial charge < -0.3 is 9.67 Å². The van der Waals surface area contributed by atoms with Gasteiger partial charge in [0.05, 0.1) is 11.8 Å². The summed E-state index contributed by atoms with van der Waals surface area (Å²) in [7, 11) is 0. The highest BCUT2D eigenvalue weighted by molar-refractivity contribution is 5.83. The van der Waals surface area contributed by atoms with Gasteiger partial charge in [0, 0.05) is 6.54 Å². The Hall–Kier alpha value is -2.81. The van der Waals surface area contributed by atoms with Gasteiger partial charge in [-0.15, -0.1) is 0 Å². The first-order valence-electron chi connectivity index (χ1n) is 6.92. The maximum Gasteiger partial charge on any atom is 0.141 e. The number of fused-ring (bicyclic) bond motifs is 2. The lowest BCUT2D eigenvalue weighted by atomic mass is 10.1. The van der Waals surface area contributed by atoms with Crippen LogP contribution >= 0.6 is 0 Å². The van der Waals surface area contributed by atoms with Crippen LogP contribution in [0.2, 0.25) is 0 Å². The fourth-order valence-electron chi connectivity index (χ4n) is 2.76. The van der Waals surface area contributed by atoms with E-state index in [0.29, 0.717) is 6.54 Å². The molecule has 0 unspecified atom stereocenters. The van der Waals surface area contributed by atoms with Gasteiger partial charge in [-0.3, -0.25) is 0 Å². The zero-order chi connectivity index (χ0) is 14.2. The summed E-state index contributed by atoms with van der Waals surface area (Å²) in [6, 6.07) is 20.2. The predicted molar refractivity (Wildman–Crippen MR) is 84.4 cm³/mol. The summed E-state index contributed by atoms with van der Waals surface area (Å²) >= 11 is 0. The first-order valence-corrected chi connectivity index (χ1v) is 6.92. The maximum atomic E-state index is 10.0. The number of benzene rings is 3. The molecule has 0 amide bonds. The van der Waals surface area contributed by atoms with Crippen LogP contribution in [-0.2, 0) is 6.54 Å². The summed E-state index contributed by atoms with van der Waals surface area (Å²) in [6.45, 7) is 0.693.